The first kappa shape index (κ1) is 86.1. The molecule has 0 fully saturated rings. The average Bonchev–Trinajstić information content (AvgIpc) is 3.53. The Morgan fingerprint density at radius 1 is 0.318 bits per heavy atom. The summed E-state index contributed by atoms with van der Waals surface area (Å²) >= 11 is 0. The predicted octanol–water partition coefficient (Wildman–Crippen LogP) is 19.3. The van der Waals surface area contributed by atoms with Crippen LogP contribution in [-0.4, -0.2) is 96.7 Å². The maximum Gasteiger partial charge on any atom is 0.472 e. The minimum atomic E-state index is -4.95. The molecule has 522 valence electrons. The van der Waals surface area contributed by atoms with Gasteiger partial charge in [0, 0.05) is 25.7 Å². The lowest BCUT2D eigenvalue weighted by Gasteiger charge is -2.21. The highest BCUT2D eigenvalue weighted by molar-refractivity contribution is 7.47. The monoisotopic (exact) mass is 1300 g/mol. The van der Waals surface area contributed by atoms with Crippen LogP contribution in [-0.2, 0) is 65.4 Å². The number of phosphoric acid groups is 2. The first-order valence-corrected chi connectivity index (χ1v) is 38.7. The third-order valence-corrected chi connectivity index (χ3v) is 18.1. The van der Waals surface area contributed by atoms with Gasteiger partial charge in [-0.05, 0) is 49.4 Å². The molecular formula is C69H134O17P2. The molecule has 0 aliphatic heterocycles. The van der Waals surface area contributed by atoms with Gasteiger partial charge in [-0.3, -0.25) is 37.3 Å². The molecule has 0 radical (unpaired) electrons. The smallest absolute Gasteiger partial charge is 0.462 e. The molecule has 0 aliphatic carbocycles. The number of esters is 4. The topological polar surface area (TPSA) is 237 Å². The third-order valence-electron chi connectivity index (χ3n) is 16.2. The van der Waals surface area contributed by atoms with E-state index in [1.807, 2.05) is 0 Å². The summed E-state index contributed by atoms with van der Waals surface area (Å²) in [6.45, 7) is 14.0. The summed E-state index contributed by atoms with van der Waals surface area (Å²) in [5, 5.41) is 10.6. The van der Waals surface area contributed by atoms with Crippen LogP contribution in [0, 0.1) is 23.7 Å². The number of hydrogen-bond donors (Lipinski definition) is 3. The number of hydrogen-bond acceptors (Lipinski definition) is 15. The molecule has 0 heterocycles. The molecule has 0 bridgehead atoms. The first-order chi connectivity index (χ1) is 42.1. The van der Waals surface area contributed by atoms with Crippen molar-refractivity contribution in [1.29, 1.82) is 0 Å². The minimum Gasteiger partial charge on any atom is -0.462 e. The van der Waals surface area contributed by atoms with E-state index in [1.54, 1.807) is 0 Å². The molecule has 0 amide bonds. The number of carbonyl (C=O) groups excluding carboxylic acids is 4. The summed E-state index contributed by atoms with van der Waals surface area (Å²) < 4.78 is 68.1. The number of aliphatic hydroxyl groups excluding tert-OH is 1. The van der Waals surface area contributed by atoms with Crippen molar-refractivity contribution in [3.8, 4) is 0 Å². The van der Waals surface area contributed by atoms with E-state index in [9.17, 15) is 43.2 Å². The van der Waals surface area contributed by atoms with E-state index in [-0.39, 0.29) is 25.7 Å². The zero-order valence-corrected chi connectivity index (χ0v) is 59.1. The molecule has 19 heteroatoms. The molecule has 0 spiro atoms. The number of phosphoric ester groups is 2. The number of carbonyl (C=O) groups is 4. The molecule has 6 atom stereocenters. The lowest BCUT2D eigenvalue weighted by molar-refractivity contribution is -0.161. The van der Waals surface area contributed by atoms with Gasteiger partial charge in [0.25, 0.3) is 0 Å². The van der Waals surface area contributed by atoms with Crippen LogP contribution < -0.4 is 0 Å². The fourth-order valence-electron chi connectivity index (χ4n) is 10.3. The minimum absolute atomic E-state index is 0.102. The molecule has 0 aromatic carbocycles. The van der Waals surface area contributed by atoms with Crippen molar-refractivity contribution in [2.24, 2.45) is 23.7 Å². The van der Waals surface area contributed by atoms with Gasteiger partial charge in [-0.2, -0.15) is 0 Å². The number of rotatable bonds is 66. The maximum absolute atomic E-state index is 13.0. The Labute approximate surface area is 537 Å². The largest absolute Gasteiger partial charge is 0.472 e. The summed E-state index contributed by atoms with van der Waals surface area (Å²) in [5.74, 6) is 0.807. The van der Waals surface area contributed by atoms with Crippen LogP contribution in [0.2, 0.25) is 0 Å². The van der Waals surface area contributed by atoms with Gasteiger partial charge in [0.1, 0.15) is 19.3 Å². The van der Waals surface area contributed by atoms with Crippen LogP contribution in [0.1, 0.15) is 338 Å². The van der Waals surface area contributed by atoms with Crippen LogP contribution in [0.4, 0.5) is 0 Å². The second kappa shape index (κ2) is 58.8. The Balaban J connectivity index is 5.19. The van der Waals surface area contributed by atoms with Crippen molar-refractivity contribution >= 4 is 39.5 Å². The van der Waals surface area contributed by atoms with Crippen LogP contribution in [0.25, 0.3) is 0 Å². The van der Waals surface area contributed by atoms with Gasteiger partial charge in [-0.25, -0.2) is 9.13 Å². The van der Waals surface area contributed by atoms with Crippen LogP contribution in [0.3, 0.4) is 0 Å². The summed E-state index contributed by atoms with van der Waals surface area (Å²) in [6, 6.07) is 0. The van der Waals surface area contributed by atoms with Gasteiger partial charge >= 0.3 is 39.5 Å². The van der Waals surface area contributed by atoms with Crippen molar-refractivity contribution in [2.45, 2.75) is 356 Å². The van der Waals surface area contributed by atoms with Gasteiger partial charge < -0.3 is 33.8 Å². The summed E-state index contributed by atoms with van der Waals surface area (Å²) in [7, 11) is -9.90. The Bertz CT molecular complexity index is 1750. The van der Waals surface area contributed by atoms with Crippen molar-refractivity contribution in [3.63, 3.8) is 0 Å². The normalized spacial score (nSPS) is 14.6. The van der Waals surface area contributed by atoms with Gasteiger partial charge in [0.2, 0.25) is 0 Å². The third kappa shape index (κ3) is 61.6. The van der Waals surface area contributed by atoms with Crippen LogP contribution in [0.15, 0.2) is 0 Å². The van der Waals surface area contributed by atoms with Crippen molar-refractivity contribution in [2.75, 3.05) is 39.6 Å². The van der Waals surface area contributed by atoms with E-state index in [2.05, 4.69) is 55.4 Å². The molecule has 0 aliphatic rings. The highest BCUT2D eigenvalue weighted by Gasteiger charge is 2.30. The fraction of sp³-hybridized carbons (Fsp3) is 0.942. The lowest BCUT2D eigenvalue weighted by atomic mass is 9.99. The van der Waals surface area contributed by atoms with Gasteiger partial charge in [0.05, 0.1) is 26.4 Å². The molecule has 0 aromatic heterocycles. The van der Waals surface area contributed by atoms with Crippen LogP contribution >= 0.6 is 15.6 Å². The van der Waals surface area contributed by atoms with Gasteiger partial charge in [0.15, 0.2) is 12.2 Å². The molecule has 3 unspecified atom stereocenters. The molecule has 3 N–H and O–H groups in total. The molecule has 0 aromatic rings. The van der Waals surface area contributed by atoms with Crippen molar-refractivity contribution in [1.82, 2.24) is 0 Å². The Morgan fingerprint density at radius 3 is 0.807 bits per heavy atom. The molecule has 0 saturated heterocycles. The van der Waals surface area contributed by atoms with E-state index < -0.39 is 97.5 Å². The fourth-order valence-corrected chi connectivity index (χ4v) is 11.9. The average molecular weight is 1300 g/mol. The Morgan fingerprint density at radius 2 is 0.545 bits per heavy atom. The highest BCUT2D eigenvalue weighted by Crippen LogP contribution is 2.45. The van der Waals surface area contributed by atoms with E-state index in [0.29, 0.717) is 37.5 Å². The zero-order chi connectivity index (χ0) is 65.4. The van der Waals surface area contributed by atoms with E-state index in [4.69, 9.17) is 37.0 Å². The summed E-state index contributed by atoms with van der Waals surface area (Å²) in [4.78, 5) is 72.4. The summed E-state index contributed by atoms with van der Waals surface area (Å²) in [6.07, 6.45) is 40.6. The predicted molar refractivity (Wildman–Crippen MR) is 354 cm³/mol. The van der Waals surface area contributed by atoms with Gasteiger partial charge in [-0.1, -0.05) is 287 Å². The lowest BCUT2D eigenvalue weighted by Crippen LogP contribution is -2.30. The molecule has 17 nitrogen and oxygen atoms in total. The van der Waals surface area contributed by atoms with Crippen molar-refractivity contribution < 1.29 is 80.2 Å². The molecular weight excluding hydrogens is 1160 g/mol. The highest BCUT2D eigenvalue weighted by atomic mass is 31.2. The standard InChI is InChI=1S/C69H134O17P2/c1-9-62(8)48-40-32-23-16-14-12-10-11-13-15-17-24-33-41-49-66(71)79-55-64(85-68(73)51-43-35-25-19-18-21-29-37-45-59(2)3)57-83-87(75,76)81-53-63(70)54-82-88(77,78)84-58-65(56-80-67(72)50-42-34-28-27-31-39-47-61(6)7)86-69(74)52-44-36-26-20-22-30-38-46-60(4)5/h59-65,70H,9-58H2,1-8H3,(H,75,76)(H,77,78)/t62?,63-,64-,65-/m1/s1. The molecule has 88 heavy (non-hydrogen) atoms. The van der Waals surface area contributed by atoms with Gasteiger partial charge in [-0.15, -0.1) is 0 Å². The number of unbranched alkanes of at least 4 members (excludes halogenated alkanes) is 31. The van der Waals surface area contributed by atoms with Crippen LogP contribution in [0.5, 0.6) is 0 Å². The first-order valence-electron chi connectivity index (χ1n) is 35.7. The molecule has 0 rings (SSSR count). The van der Waals surface area contributed by atoms with E-state index in [0.717, 1.165) is 108 Å². The van der Waals surface area contributed by atoms with Crippen molar-refractivity contribution in [3.05, 3.63) is 0 Å². The number of aliphatic hydroxyl groups is 1. The summed E-state index contributed by atoms with van der Waals surface area (Å²) in [5.41, 5.74) is 0. The second-order valence-electron chi connectivity index (χ2n) is 26.6. The Hall–Kier alpha value is -1.94. The maximum atomic E-state index is 13.0. The number of ether oxygens (including phenoxy) is 4. The quantitative estimate of drug-likeness (QED) is 0.0222. The second-order valence-corrected chi connectivity index (χ2v) is 29.5. The SMILES string of the molecule is CCC(C)CCCCCCCCCCCCCCCCC(=O)OC[C@H](COP(=O)(O)OC[C@@H](O)COP(=O)(O)OC[C@@H](COC(=O)CCCCCCCCC(C)C)OC(=O)CCCCCCCCCC(C)C)OC(=O)CCCCCCCCCCC(C)C. The van der Waals surface area contributed by atoms with E-state index in [1.165, 1.54) is 135 Å². The zero-order valence-electron chi connectivity index (χ0n) is 57.3. The molecule has 0 saturated carbocycles. The van der Waals surface area contributed by atoms with E-state index >= 15 is 0 Å². The Kier molecular flexibility index (Phi) is 57.6.